The Morgan fingerprint density at radius 2 is 2.00 bits per heavy atom. The zero-order chi connectivity index (χ0) is 13.5. The maximum absolute atomic E-state index is 10.6. The lowest BCUT2D eigenvalue weighted by Gasteiger charge is -2.26. The average Bonchev–Trinajstić information content (AvgIpc) is 2.29. The fourth-order valence-electron chi connectivity index (χ4n) is 2.55. The first kappa shape index (κ1) is 14.7. The van der Waals surface area contributed by atoms with Gasteiger partial charge in [0.15, 0.2) is 0 Å². The molecule has 1 unspecified atom stereocenters. The molecule has 18 heavy (non-hydrogen) atoms. The van der Waals surface area contributed by atoms with Gasteiger partial charge in [0.1, 0.15) is 0 Å². The molecule has 0 saturated heterocycles. The van der Waals surface area contributed by atoms with Gasteiger partial charge < -0.3 is 15.5 Å². The Bertz CT molecular complexity index is 291. The summed E-state index contributed by atoms with van der Waals surface area (Å²) in [5, 5.41) is 30.6. The molecule has 2 atom stereocenters. The largest absolute Gasteiger partial charge is 0.465 e. The summed E-state index contributed by atoms with van der Waals surface area (Å²) in [5.74, 6) is 0.398. The number of hydrogen-bond acceptors (Lipinski definition) is 4. The third kappa shape index (κ3) is 5.31. The molecule has 0 aliphatic heterocycles. The number of amides is 1. The van der Waals surface area contributed by atoms with Crippen molar-refractivity contribution in [2.75, 3.05) is 0 Å². The molecule has 0 spiro atoms. The number of hydrogen-bond donors (Lipinski definition) is 3. The molecule has 0 aromatic heterocycles. The normalized spacial score (nSPS) is 20.1. The first-order valence-corrected chi connectivity index (χ1v) is 6.30. The number of nitrogens with zero attached hydrogens (tertiary/aromatic N) is 1. The Kier molecular flexibility index (Phi) is 5.84. The number of aliphatic hydroxyl groups is 1. The second-order valence-electron chi connectivity index (χ2n) is 4.89. The summed E-state index contributed by atoms with van der Waals surface area (Å²) >= 11 is 0. The Labute approximate surface area is 105 Å². The van der Waals surface area contributed by atoms with E-state index < -0.39 is 23.3 Å². The smallest absolute Gasteiger partial charge is 0.404 e. The molecule has 7 nitrogen and oxygen atoms in total. The monoisotopic (exact) mass is 260 g/mol. The molecular formula is C11H20N2O5. The molecule has 0 aromatic rings. The Hall–Kier alpha value is -1.37. The minimum Gasteiger partial charge on any atom is -0.465 e. The molecule has 1 amide bonds. The Morgan fingerprint density at radius 1 is 1.39 bits per heavy atom. The van der Waals surface area contributed by atoms with E-state index in [4.69, 9.17) is 5.11 Å². The van der Waals surface area contributed by atoms with Crippen molar-refractivity contribution in [3.63, 3.8) is 0 Å². The van der Waals surface area contributed by atoms with Gasteiger partial charge in [0.05, 0.1) is 11.3 Å². The van der Waals surface area contributed by atoms with Crippen molar-refractivity contribution in [1.82, 2.24) is 5.32 Å². The van der Waals surface area contributed by atoms with Gasteiger partial charge in [0.2, 0.25) is 0 Å². The van der Waals surface area contributed by atoms with Crippen LogP contribution in [0, 0.1) is 16.0 Å². The lowest BCUT2D eigenvalue weighted by molar-refractivity contribution is -0.571. The fraction of sp³-hybridized carbons (Fsp3) is 0.909. The molecule has 3 N–H and O–H groups in total. The maximum atomic E-state index is 10.6. The SMILES string of the molecule is O=C(O)N[C@@H](CC1CCCCC1)CC(O)[N+](=O)[O-]. The van der Waals surface area contributed by atoms with E-state index in [1.807, 2.05) is 0 Å². The van der Waals surface area contributed by atoms with Crippen molar-refractivity contribution in [2.45, 2.75) is 57.2 Å². The van der Waals surface area contributed by atoms with Gasteiger partial charge in [-0.3, -0.25) is 10.1 Å². The van der Waals surface area contributed by atoms with Crippen LogP contribution in [0.3, 0.4) is 0 Å². The van der Waals surface area contributed by atoms with Crippen LogP contribution in [0.25, 0.3) is 0 Å². The van der Waals surface area contributed by atoms with E-state index in [2.05, 4.69) is 5.32 Å². The predicted molar refractivity (Wildman–Crippen MR) is 63.8 cm³/mol. The van der Waals surface area contributed by atoms with E-state index in [9.17, 15) is 20.0 Å². The fourth-order valence-corrected chi connectivity index (χ4v) is 2.55. The summed E-state index contributed by atoms with van der Waals surface area (Å²) in [6.07, 6.45) is 3.01. The van der Waals surface area contributed by atoms with Gasteiger partial charge in [-0.05, 0) is 12.3 Å². The number of carbonyl (C=O) groups is 1. The third-order valence-corrected chi connectivity index (χ3v) is 3.41. The van der Waals surface area contributed by atoms with Gasteiger partial charge in [0, 0.05) is 6.04 Å². The highest BCUT2D eigenvalue weighted by molar-refractivity contribution is 5.64. The maximum Gasteiger partial charge on any atom is 0.404 e. The van der Waals surface area contributed by atoms with E-state index in [1.54, 1.807) is 0 Å². The highest BCUT2D eigenvalue weighted by Crippen LogP contribution is 2.28. The van der Waals surface area contributed by atoms with Gasteiger partial charge in [-0.2, -0.15) is 0 Å². The molecule has 0 bridgehead atoms. The molecule has 0 aromatic carbocycles. The van der Waals surface area contributed by atoms with Crippen LogP contribution in [0.4, 0.5) is 4.79 Å². The molecule has 104 valence electrons. The van der Waals surface area contributed by atoms with Crippen molar-refractivity contribution < 1.29 is 19.9 Å². The van der Waals surface area contributed by atoms with E-state index in [-0.39, 0.29) is 6.42 Å². The Balaban J connectivity index is 2.48. The molecule has 1 fully saturated rings. The third-order valence-electron chi connectivity index (χ3n) is 3.41. The van der Waals surface area contributed by atoms with Gasteiger partial charge in [-0.15, -0.1) is 0 Å². The Morgan fingerprint density at radius 3 is 2.50 bits per heavy atom. The van der Waals surface area contributed by atoms with Crippen molar-refractivity contribution in [2.24, 2.45) is 5.92 Å². The molecule has 7 heteroatoms. The molecule has 1 aliphatic carbocycles. The average molecular weight is 260 g/mol. The highest BCUT2D eigenvalue weighted by atomic mass is 16.7. The number of carboxylic acid groups (broad SMARTS) is 1. The van der Waals surface area contributed by atoms with Crippen molar-refractivity contribution in [3.8, 4) is 0 Å². The first-order chi connectivity index (χ1) is 8.49. The van der Waals surface area contributed by atoms with Crippen molar-refractivity contribution in [3.05, 3.63) is 10.1 Å². The van der Waals surface area contributed by atoms with Crippen LogP contribution in [0.1, 0.15) is 44.9 Å². The van der Waals surface area contributed by atoms with Crippen LogP contribution in [0.2, 0.25) is 0 Å². The molecule has 1 aliphatic rings. The van der Waals surface area contributed by atoms with E-state index in [0.29, 0.717) is 12.3 Å². The molecule has 1 saturated carbocycles. The van der Waals surface area contributed by atoms with Crippen LogP contribution in [0.5, 0.6) is 0 Å². The first-order valence-electron chi connectivity index (χ1n) is 6.30. The van der Waals surface area contributed by atoms with Gasteiger partial charge in [0.25, 0.3) is 0 Å². The number of nitrogens with one attached hydrogen (secondary N) is 1. The molecular weight excluding hydrogens is 240 g/mol. The van der Waals surface area contributed by atoms with Crippen LogP contribution in [-0.4, -0.2) is 33.5 Å². The molecule has 1 rings (SSSR count). The summed E-state index contributed by atoms with van der Waals surface area (Å²) in [5.41, 5.74) is 0. The minimum atomic E-state index is -1.70. The second kappa shape index (κ2) is 7.15. The standard InChI is InChI=1S/C11H20N2O5/c14-10(13(17)18)7-9(12-11(15)16)6-8-4-2-1-3-5-8/h8-10,12,14H,1-7H2,(H,15,16)/t9-,10?/m0/s1. The number of nitro groups is 1. The number of rotatable bonds is 6. The highest BCUT2D eigenvalue weighted by Gasteiger charge is 2.26. The summed E-state index contributed by atoms with van der Waals surface area (Å²) in [7, 11) is 0. The van der Waals surface area contributed by atoms with Gasteiger partial charge >= 0.3 is 12.3 Å². The van der Waals surface area contributed by atoms with Crippen molar-refractivity contribution >= 4 is 6.09 Å². The van der Waals surface area contributed by atoms with Gasteiger partial charge in [-0.1, -0.05) is 32.1 Å². The lowest BCUT2D eigenvalue weighted by Crippen LogP contribution is -2.39. The molecule has 0 radical (unpaired) electrons. The molecule has 0 heterocycles. The van der Waals surface area contributed by atoms with E-state index in [1.165, 1.54) is 6.42 Å². The predicted octanol–water partition coefficient (Wildman–Crippen LogP) is 1.58. The van der Waals surface area contributed by atoms with Crippen LogP contribution in [-0.2, 0) is 0 Å². The zero-order valence-electron chi connectivity index (χ0n) is 10.2. The van der Waals surface area contributed by atoms with Gasteiger partial charge in [-0.25, -0.2) is 4.79 Å². The summed E-state index contributed by atoms with van der Waals surface area (Å²) in [6, 6.07) is -0.550. The summed E-state index contributed by atoms with van der Waals surface area (Å²) in [4.78, 5) is 20.2. The van der Waals surface area contributed by atoms with Crippen LogP contribution >= 0.6 is 0 Å². The second-order valence-corrected chi connectivity index (χ2v) is 4.89. The zero-order valence-corrected chi connectivity index (χ0v) is 10.2. The summed E-state index contributed by atoms with van der Waals surface area (Å²) < 4.78 is 0. The topological polar surface area (TPSA) is 113 Å². The summed E-state index contributed by atoms with van der Waals surface area (Å²) in [6.45, 7) is 0. The van der Waals surface area contributed by atoms with Crippen LogP contribution < -0.4 is 5.32 Å². The van der Waals surface area contributed by atoms with Crippen LogP contribution in [0.15, 0.2) is 0 Å². The van der Waals surface area contributed by atoms with E-state index in [0.717, 1.165) is 25.7 Å². The lowest BCUT2D eigenvalue weighted by atomic mass is 9.84. The minimum absolute atomic E-state index is 0.171. The van der Waals surface area contributed by atoms with Crippen molar-refractivity contribution in [1.29, 1.82) is 0 Å². The number of aliphatic hydroxyl groups excluding tert-OH is 1. The quantitative estimate of drug-likeness (QED) is 0.381. The van der Waals surface area contributed by atoms with E-state index >= 15 is 0 Å².